The Balaban J connectivity index is 1.80. The van der Waals surface area contributed by atoms with Gasteiger partial charge >= 0.3 is 0 Å². The Bertz CT molecular complexity index is 813. The molecule has 1 aliphatic heterocycles. The number of allylic oxidation sites excluding steroid dienone is 2. The Morgan fingerprint density at radius 3 is 2.87 bits per heavy atom. The number of anilines is 1. The van der Waals surface area contributed by atoms with Crippen LogP contribution in [0.2, 0.25) is 0 Å². The summed E-state index contributed by atoms with van der Waals surface area (Å²) < 4.78 is 0. The summed E-state index contributed by atoms with van der Waals surface area (Å²) in [7, 11) is 0. The molecule has 2 aliphatic rings. The highest BCUT2D eigenvalue weighted by Gasteiger charge is 2.38. The lowest BCUT2D eigenvalue weighted by atomic mass is 9.76. The number of hydrogen-bond acceptors (Lipinski definition) is 3. The smallest absolute Gasteiger partial charge is 0.269 e. The van der Waals surface area contributed by atoms with Crippen molar-refractivity contribution in [3.05, 3.63) is 81.4 Å². The molecule has 0 saturated heterocycles. The van der Waals surface area contributed by atoms with E-state index in [1.54, 1.807) is 18.2 Å². The quantitative estimate of drug-likeness (QED) is 0.496. The highest BCUT2D eigenvalue weighted by Crippen LogP contribution is 2.50. The molecule has 0 unspecified atom stereocenters. The normalized spacial score (nSPS) is 24.7. The first-order valence-electron chi connectivity index (χ1n) is 7.92. The zero-order valence-corrected chi connectivity index (χ0v) is 12.9. The van der Waals surface area contributed by atoms with Crippen molar-refractivity contribution < 1.29 is 4.92 Å². The minimum Gasteiger partial charge on any atom is -0.377 e. The highest BCUT2D eigenvalue weighted by atomic mass is 16.6. The van der Waals surface area contributed by atoms with Crippen molar-refractivity contribution in [2.75, 3.05) is 5.32 Å². The number of non-ortho nitro benzene ring substituents is 1. The van der Waals surface area contributed by atoms with Crippen molar-refractivity contribution in [2.24, 2.45) is 5.92 Å². The number of nitrogens with one attached hydrogen (secondary N) is 1. The molecule has 0 radical (unpaired) electrons. The summed E-state index contributed by atoms with van der Waals surface area (Å²) >= 11 is 0. The van der Waals surface area contributed by atoms with Crippen LogP contribution < -0.4 is 5.32 Å². The van der Waals surface area contributed by atoms with E-state index in [0.717, 1.165) is 12.0 Å². The number of aryl methyl sites for hydroxylation is 1. The summed E-state index contributed by atoms with van der Waals surface area (Å²) in [6, 6.07) is 13.5. The number of nitro benzene ring substituents is 1. The van der Waals surface area contributed by atoms with Crippen LogP contribution in [0.15, 0.2) is 54.6 Å². The predicted molar refractivity (Wildman–Crippen MR) is 90.6 cm³/mol. The molecule has 0 spiro atoms. The van der Waals surface area contributed by atoms with Crippen LogP contribution in [-0.2, 0) is 0 Å². The fourth-order valence-electron chi connectivity index (χ4n) is 3.94. The minimum atomic E-state index is -0.324. The van der Waals surface area contributed by atoms with Gasteiger partial charge in [-0.25, -0.2) is 0 Å². The molecule has 0 fully saturated rings. The van der Waals surface area contributed by atoms with Crippen LogP contribution in [0, 0.1) is 23.0 Å². The zero-order valence-electron chi connectivity index (χ0n) is 12.9. The number of nitrogens with zero attached hydrogens (tertiary/aromatic N) is 1. The van der Waals surface area contributed by atoms with Crippen molar-refractivity contribution in [3.63, 3.8) is 0 Å². The molecule has 1 N–H and O–H groups in total. The molecule has 0 amide bonds. The van der Waals surface area contributed by atoms with Crippen LogP contribution in [0.25, 0.3) is 0 Å². The Hall–Kier alpha value is -2.62. The van der Waals surface area contributed by atoms with Crippen LogP contribution >= 0.6 is 0 Å². The molecule has 0 saturated carbocycles. The van der Waals surface area contributed by atoms with Crippen molar-refractivity contribution in [2.45, 2.75) is 25.3 Å². The lowest BCUT2D eigenvalue weighted by Crippen LogP contribution is -2.29. The molecule has 4 rings (SSSR count). The second-order valence-corrected chi connectivity index (χ2v) is 6.37. The molecule has 2 aromatic rings. The zero-order chi connectivity index (χ0) is 16.0. The van der Waals surface area contributed by atoms with Gasteiger partial charge in [-0.15, -0.1) is 0 Å². The average molecular weight is 306 g/mol. The van der Waals surface area contributed by atoms with Gasteiger partial charge in [0.05, 0.1) is 11.0 Å². The van der Waals surface area contributed by atoms with Gasteiger partial charge in [0.2, 0.25) is 0 Å². The van der Waals surface area contributed by atoms with Gasteiger partial charge in [-0.05, 0) is 36.0 Å². The van der Waals surface area contributed by atoms with Gasteiger partial charge in [-0.2, -0.15) is 0 Å². The molecule has 116 valence electrons. The number of nitro groups is 1. The Morgan fingerprint density at radius 2 is 2.04 bits per heavy atom. The van der Waals surface area contributed by atoms with Gasteiger partial charge in [-0.3, -0.25) is 10.1 Å². The van der Waals surface area contributed by atoms with Gasteiger partial charge in [-0.1, -0.05) is 42.5 Å². The Morgan fingerprint density at radius 1 is 1.22 bits per heavy atom. The average Bonchev–Trinajstić information content (AvgIpc) is 3.04. The molecule has 1 heterocycles. The lowest BCUT2D eigenvalue weighted by molar-refractivity contribution is -0.384. The predicted octanol–water partition coefficient (Wildman–Crippen LogP) is 4.73. The Labute approximate surface area is 135 Å². The van der Waals surface area contributed by atoms with Crippen LogP contribution in [0.5, 0.6) is 0 Å². The van der Waals surface area contributed by atoms with Gasteiger partial charge in [0.15, 0.2) is 0 Å². The van der Waals surface area contributed by atoms with Gasteiger partial charge in [0, 0.05) is 23.7 Å². The summed E-state index contributed by atoms with van der Waals surface area (Å²) in [6.07, 6.45) is 5.52. The first-order valence-corrected chi connectivity index (χ1v) is 7.92. The molecule has 0 bridgehead atoms. The first kappa shape index (κ1) is 14.0. The van der Waals surface area contributed by atoms with Crippen molar-refractivity contribution in [3.8, 4) is 0 Å². The third-order valence-corrected chi connectivity index (χ3v) is 5.05. The van der Waals surface area contributed by atoms with Crippen LogP contribution in [-0.4, -0.2) is 4.92 Å². The van der Waals surface area contributed by atoms with E-state index in [0.29, 0.717) is 11.8 Å². The summed E-state index contributed by atoms with van der Waals surface area (Å²) in [5.41, 5.74) is 4.88. The molecular weight excluding hydrogens is 288 g/mol. The van der Waals surface area contributed by atoms with E-state index in [-0.39, 0.29) is 16.7 Å². The van der Waals surface area contributed by atoms with E-state index < -0.39 is 0 Å². The molecule has 0 aromatic heterocycles. The van der Waals surface area contributed by atoms with Gasteiger partial charge < -0.3 is 5.32 Å². The number of rotatable bonds is 2. The number of hydrogen-bond donors (Lipinski definition) is 1. The SMILES string of the molecule is Cc1cccc2c1N[C@H](c1cccc([N+](=O)[O-])c1)[C@@H]1CC=C[C@H]21. The number of fused-ring (bicyclic) bond motifs is 3. The Kier molecular flexibility index (Phi) is 3.18. The molecule has 4 heteroatoms. The fraction of sp³-hybridized carbons (Fsp3) is 0.263. The van der Waals surface area contributed by atoms with Gasteiger partial charge in [0.25, 0.3) is 5.69 Å². The van der Waals surface area contributed by atoms with Crippen molar-refractivity contribution >= 4 is 11.4 Å². The second-order valence-electron chi connectivity index (χ2n) is 6.37. The lowest BCUT2D eigenvalue weighted by Gasteiger charge is -2.38. The van der Waals surface area contributed by atoms with Crippen molar-refractivity contribution in [1.29, 1.82) is 0 Å². The standard InChI is InChI=1S/C19H18N2O2/c1-12-5-2-9-16-15-8-4-10-17(15)19(20-18(12)16)13-6-3-7-14(11-13)21(22)23/h2-9,11,15,17,19-20H,10H2,1H3/t15-,17-,19-/m1/s1. The van der Waals surface area contributed by atoms with E-state index >= 15 is 0 Å². The number of para-hydroxylation sites is 1. The molecule has 23 heavy (non-hydrogen) atoms. The second kappa shape index (κ2) is 5.23. The maximum atomic E-state index is 11.1. The minimum absolute atomic E-state index is 0.100. The third kappa shape index (κ3) is 2.22. The summed E-state index contributed by atoms with van der Waals surface area (Å²) in [5, 5.41) is 14.7. The molecule has 3 atom stereocenters. The first-order chi connectivity index (χ1) is 11.1. The molecule has 2 aromatic carbocycles. The van der Waals surface area contributed by atoms with E-state index in [4.69, 9.17) is 0 Å². The third-order valence-electron chi connectivity index (χ3n) is 5.05. The van der Waals surface area contributed by atoms with E-state index in [2.05, 4.69) is 42.6 Å². The monoisotopic (exact) mass is 306 g/mol. The molecule has 4 nitrogen and oxygen atoms in total. The van der Waals surface area contributed by atoms with Gasteiger partial charge in [0.1, 0.15) is 0 Å². The van der Waals surface area contributed by atoms with E-state index in [9.17, 15) is 10.1 Å². The largest absolute Gasteiger partial charge is 0.377 e. The maximum Gasteiger partial charge on any atom is 0.269 e. The number of benzene rings is 2. The van der Waals surface area contributed by atoms with Crippen LogP contribution in [0.3, 0.4) is 0 Å². The van der Waals surface area contributed by atoms with E-state index in [1.165, 1.54) is 16.8 Å². The summed E-state index contributed by atoms with van der Waals surface area (Å²) in [4.78, 5) is 10.8. The van der Waals surface area contributed by atoms with Crippen LogP contribution in [0.1, 0.15) is 35.1 Å². The fourth-order valence-corrected chi connectivity index (χ4v) is 3.94. The summed E-state index contributed by atoms with van der Waals surface area (Å²) in [6.45, 7) is 2.11. The van der Waals surface area contributed by atoms with Crippen molar-refractivity contribution in [1.82, 2.24) is 0 Å². The molecular formula is C19H18N2O2. The maximum absolute atomic E-state index is 11.1. The van der Waals surface area contributed by atoms with E-state index in [1.807, 2.05) is 6.07 Å². The summed E-state index contributed by atoms with van der Waals surface area (Å²) in [5.74, 6) is 0.793. The molecule has 1 aliphatic carbocycles. The van der Waals surface area contributed by atoms with Crippen LogP contribution in [0.4, 0.5) is 11.4 Å². The highest BCUT2D eigenvalue weighted by molar-refractivity contribution is 5.64. The topological polar surface area (TPSA) is 55.2 Å².